The van der Waals surface area contributed by atoms with Crippen molar-refractivity contribution in [3.63, 3.8) is 0 Å². The Bertz CT molecular complexity index is 891. The van der Waals surface area contributed by atoms with E-state index in [9.17, 15) is 9.59 Å². The second-order valence-electron chi connectivity index (χ2n) is 7.05. The Hall–Kier alpha value is -3.22. The molecule has 160 valence electrons. The molecule has 1 N–H and O–H groups in total. The van der Waals surface area contributed by atoms with Crippen LogP contribution in [-0.2, 0) is 4.79 Å². The highest BCUT2D eigenvalue weighted by atomic mass is 16.5. The van der Waals surface area contributed by atoms with Crippen molar-refractivity contribution in [1.29, 1.82) is 0 Å². The van der Waals surface area contributed by atoms with E-state index < -0.39 is 0 Å². The molecule has 0 atom stereocenters. The van der Waals surface area contributed by atoms with Crippen molar-refractivity contribution in [3.05, 3.63) is 48.0 Å². The summed E-state index contributed by atoms with van der Waals surface area (Å²) in [5.41, 5.74) is 1.22. The molecule has 0 bridgehead atoms. The lowest BCUT2D eigenvalue weighted by atomic mass is 9.95. The molecule has 7 nitrogen and oxygen atoms in total. The molecule has 30 heavy (non-hydrogen) atoms. The zero-order valence-corrected chi connectivity index (χ0v) is 17.6. The van der Waals surface area contributed by atoms with Crippen molar-refractivity contribution in [2.45, 2.75) is 19.8 Å². The number of amides is 2. The minimum Gasteiger partial charge on any atom is -0.493 e. The highest BCUT2D eigenvalue weighted by molar-refractivity contribution is 5.96. The third kappa shape index (κ3) is 4.84. The molecule has 2 aromatic carbocycles. The van der Waals surface area contributed by atoms with Gasteiger partial charge in [-0.15, -0.1) is 0 Å². The first-order valence-corrected chi connectivity index (χ1v) is 10.1. The number of para-hydroxylation sites is 2. The molecule has 3 rings (SSSR count). The minimum absolute atomic E-state index is 0.0413. The monoisotopic (exact) mass is 412 g/mol. The Morgan fingerprint density at radius 1 is 1.00 bits per heavy atom. The summed E-state index contributed by atoms with van der Waals surface area (Å²) < 4.78 is 16.1. The Kier molecular flexibility index (Phi) is 7.17. The van der Waals surface area contributed by atoms with E-state index in [-0.39, 0.29) is 17.7 Å². The van der Waals surface area contributed by atoms with Crippen LogP contribution in [-0.4, -0.2) is 50.6 Å². The maximum absolute atomic E-state index is 12.9. The summed E-state index contributed by atoms with van der Waals surface area (Å²) in [7, 11) is 3.10. The number of nitrogens with zero attached hydrogens (tertiary/aromatic N) is 1. The van der Waals surface area contributed by atoms with Crippen LogP contribution in [0.4, 0.5) is 5.69 Å². The molecular formula is C23H28N2O5. The summed E-state index contributed by atoms with van der Waals surface area (Å²) >= 11 is 0. The van der Waals surface area contributed by atoms with E-state index in [4.69, 9.17) is 14.2 Å². The van der Waals surface area contributed by atoms with Crippen molar-refractivity contribution >= 4 is 17.5 Å². The molecule has 0 aliphatic carbocycles. The molecule has 2 aromatic rings. The van der Waals surface area contributed by atoms with Crippen LogP contribution in [0.15, 0.2) is 42.5 Å². The van der Waals surface area contributed by atoms with Gasteiger partial charge in [0.1, 0.15) is 5.75 Å². The Balaban J connectivity index is 1.59. The second kappa shape index (κ2) is 10.0. The van der Waals surface area contributed by atoms with Gasteiger partial charge in [0.15, 0.2) is 11.5 Å². The smallest absolute Gasteiger partial charge is 0.253 e. The van der Waals surface area contributed by atoms with Crippen LogP contribution in [0.2, 0.25) is 0 Å². The first-order chi connectivity index (χ1) is 14.6. The third-order valence-electron chi connectivity index (χ3n) is 5.23. The number of anilines is 1. The van der Waals surface area contributed by atoms with E-state index in [0.29, 0.717) is 61.0 Å². The molecule has 1 heterocycles. The molecule has 1 aliphatic heterocycles. The number of piperidine rings is 1. The molecule has 0 saturated carbocycles. The average Bonchev–Trinajstić information content (AvgIpc) is 2.79. The molecule has 7 heteroatoms. The van der Waals surface area contributed by atoms with Gasteiger partial charge < -0.3 is 24.4 Å². The number of ether oxygens (including phenoxy) is 3. The minimum atomic E-state index is -0.144. The fourth-order valence-corrected chi connectivity index (χ4v) is 3.58. The van der Waals surface area contributed by atoms with Gasteiger partial charge in [0.2, 0.25) is 5.91 Å². The van der Waals surface area contributed by atoms with Crippen molar-refractivity contribution in [2.75, 3.05) is 39.2 Å². The van der Waals surface area contributed by atoms with E-state index >= 15 is 0 Å². The largest absolute Gasteiger partial charge is 0.493 e. The van der Waals surface area contributed by atoms with Gasteiger partial charge in [0.05, 0.1) is 26.5 Å². The number of hydrogen-bond donors (Lipinski definition) is 1. The number of benzene rings is 2. The van der Waals surface area contributed by atoms with Gasteiger partial charge in [0.25, 0.3) is 5.91 Å². The van der Waals surface area contributed by atoms with Gasteiger partial charge in [-0.25, -0.2) is 0 Å². The highest BCUT2D eigenvalue weighted by Gasteiger charge is 2.28. The van der Waals surface area contributed by atoms with Crippen LogP contribution in [0.3, 0.4) is 0 Å². The Labute approximate surface area is 176 Å². The Morgan fingerprint density at radius 2 is 1.70 bits per heavy atom. The Morgan fingerprint density at radius 3 is 2.37 bits per heavy atom. The van der Waals surface area contributed by atoms with E-state index in [1.54, 1.807) is 37.3 Å². The first kappa shape index (κ1) is 21.5. The lowest BCUT2D eigenvalue weighted by Crippen LogP contribution is -2.41. The zero-order chi connectivity index (χ0) is 21.5. The van der Waals surface area contributed by atoms with Gasteiger partial charge in [-0.2, -0.15) is 0 Å². The van der Waals surface area contributed by atoms with Crippen LogP contribution in [0, 0.1) is 5.92 Å². The highest BCUT2D eigenvalue weighted by Crippen LogP contribution is 2.29. The van der Waals surface area contributed by atoms with Gasteiger partial charge in [0, 0.05) is 24.6 Å². The molecule has 1 aliphatic rings. The molecule has 0 aromatic heterocycles. The third-order valence-corrected chi connectivity index (χ3v) is 5.23. The first-order valence-electron chi connectivity index (χ1n) is 10.1. The van der Waals surface area contributed by atoms with Crippen molar-refractivity contribution < 1.29 is 23.8 Å². The number of nitrogens with one attached hydrogen (secondary N) is 1. The summed E-state index contributed by atoms with van der Waals surface area (Å²) in [5, 5.41) is 2.97. The van der Waals surface area contributed by atoms with E-state index in [1.807, 2.05) is 31.2 Å². The quantitative estimate of drug-likeness (QED) is 0.752. The maximum Gasteiger partial charge on any atom is 0.253 e. The zero-order valence-electron chi connectivity index (χ0n) is 17.6. The molecule has 2 amide bonds. The fourth-order valence-electron chi connectivity index (χ4n) is 3.58. The molecule has 0 unspecified atom stereocenters. The molecular weight excluding hydrogens is 384 g/mol. The van der Waals surface area contributed by atoms with Crippen LogP contribution in [0.25, 0.3) is 0 Å². The van der Waals surface area contributed by atoms with E-state index in [1.165, 1.54) is 0 Å². The van der Waals surface area contributed by atoms with Gasteiger partial charge in [-0.1, -0.05) is 12.1 Å². The van der Waals surface area contributed by atoms with Crippen LogP contribution >= 0.6 is 0 Å². The normalized spacial score (nSPS) is 14.2. The van der Waals surface area contributed by atoms with Crippen molar-refractivity contribution in [1.82, 2.24) is 4.90 Å². The predicted molar refractivity (Wildman–Crippen MR) is 114 cm³/mol. The van der Waals surface area contributed by atoms with Crippen molar-refractivity contribution in [3.8, 4) is 17.2 Å². The lowest BCUT2D eigenvalue weighted by Gasteiger charge is -2.31. The van der Waals surface area contributed by atoms with E-state index in [2.05, 4.69) is 5.32 Å². The number of rotatable bonds is 7. The van der Waals surface area contributed by atoms with Crippen LogP contribution < -0.4 is 19.5 Å². The van der Waals surface area contributed by atoms with Crippen molar-refractivity contribution in [2.24, 2.45) is 5.92 Å². The molecule has 0 radical (unpaired) electrons. The summed E-state index contributed by atoms with van der Waals surface area (Å²) in [5.74, 6) is 1.50. The number of carbonyl (C=O) groups excluding carboxylic acids is 2. The fraction of sp³-hybridized carbons (Fsp3) is 0.391. The number of hydrogen-bond acceptors (Lipinski definition) is 5. The molecule has 0 spiro atoms. The standard InChI is InChI=1S/C23H28N2O5/c1-4-30-19-8-6-5-7-18(19)24-22(26)16-11-13-25(14-12-16)23(27)17-9-10-20(28-2)21(15-17)29-3/h5-10,15-16H,4,11-14H2,1-3H3,(H,24,26). The summed E-state index contributed by atoms with van der Waals surface area (Å²) in [4.78, 5) is 27.4. The number of carbonyl (C=O) groups is 2. The van der Waals surface area contributed by atoms with Crippen LogP contribution in [0.1, 0.15) is 30.1 Å². The number of likely N-dealkylation sites (tertiary alicyclic amines) is 1. The topological polar surface area (TPSA) is 77.1 Å². The van der Waals surface area contributed by atoms with Crippen LogP contribution in [0.5, 0.6) is 17.2 Å². The summed E-state index contributed by atoms with van der Waals surface area (Å²) in [6.45, 7) is 3.49. The molecule has 1 saturated heterocycles. The van der Waals surface area contributed by atoms with Gasteiger partial charge in [-0.3, -0.25) is 9.59 Å². The summed E-state index contributed by atoms with van der Waals surface area (Å²) in [6.07, 6.45) is 1.23. The number of methoxy groups -OCH3 is 2. The summed E-state index contributed by atoms with van der Waals surface area (Å²) in [6, 6.07) is 12.5. The van der Waals surface area contributed by atoms with E-state index in [0.717, 1.165) is 0 Å². The second-order valence-corrected chi connectivity index (χ2v) is 7.05. The lowest BCUT2D eigenvalue weighted by molar-refractivity contribution is -0.121. The molecule has 1 fully saturated rings. The average molecular weight is 412 g/mol. The predicted octanol–water partition coefficient (Wildman–Crippen LogP) is 3.59. The SMILES string of the molecule is CCOc1ccccc1NC(=O)C1CCN(C(=O)c2ccc(OC)c(OC)c2)CC1. The maximum atomic E-state index is 12.9. The van der Waals surface area contributed by atoms with Gasteiger partial charge in [-0.05, 0) is 50.1 Å². The van der Waals surface area contributed by atoms with Gasteiger partial charge >= 0.3 is 0 Å².